The van der Waals surface area contributed by atoms with E-state index in [1.165, 1.54) is 11.1 Å². The fourth-order valence-electron chi connectivity index (χ4n) is 3.16. The van der Waals surface area contributed by atoms with Gasteiger partial charge in [-0.15, -0.1) is 22.7 Å². The van der Waals surface area contributed by atoms with Crippen LogP contribution < -0.4 is 4.74 Å². The van der Waals surface area contributed by atoms with Gasteiger partial charge in [0.25, 0.3) is 5.91 Å². The number of nitrogens with zero attached hydrogens (tertiary/aromatic N) is 2. The summed E-state index contributed by atoms with van der Waals surface area (Å²) < 4.78 is 10.3. The molecule has 8 heteroatoms. The monoisotopic (exact) mass is 452 g/mol. The Hall–Kier alpha value is -3.23. The fraction of sp³-hybridized carbons (Fsp3) is 0.174. The number of carbonyl (C=O) groups excluding carboxylic acids is 2. The van der Waals surface area contributed by atoms with Crippen molar-refractivity contribution in [1.82, 2.24) is 5.01 Å². The molecule has 0 N–H and O–H groups in total. The van der Waals surface area contributed by atoms with Crippen LogP contribution in [0.1, 0.15) is 27.8 Å². The Kier molecular flexibility index (Phi) is 6.59. The molecule has 158 valence electrons. The van der Waals surface area contributed by atoms with E-state index in [0.717, 1.165) is 26.8 Å². The van der Waals surface area contributed by atoms with Crippen LogP contribution in [0.4, 0.5) is 0 Å². The van der Waals surface area contributed by atoms with E-state index in [1.807, 2.05) is 47.2 Å². The van der Waals surface area contributed by atoms with Gasteiger partial charge in [-0.25, -0.2) is 9.80 Å². The maximum Gasteiger partial charge on any atom is 0.331 e. The lowest BCUT2D eigenvalue weighted by Gasteiger charge is -2.20. The van der Waals surface area contributed by atoms with Crippen LogP contribution in [0.3, 0.4) is 0 Å². The van der Waals surface area contributed by atoms with E-state index in [9.17, 15) is 9.59 Å². The number of hydrazone groups is 1. The quantitative estimate of drug-likeness (QED) is 0.383. The molecule has 0 fully saturated rings. The second kappa shape index (κ2) is 9.72. The number of amides is 1. The number of carbonyl (C=O) groups is 2. The number of thiophene rings is 2. The number of benzene rings is 1. The topological polar surface area (TPSA) is 68.2 Å². The molecule has 1 unspecified atom stereocenters. The van der Waals surface area contributed by atoms with Crippen LogP contribution in [0.15, 0.2) is 70.5 Å². The number of esters is 1. The second-order valence-corrected chi connectivity index (χ2v) is 8.64. The molecule has 3 heterocycles. The molecule has 3 aromatic rings. The Morgan fingerprint density at radius 3 is 2.58 bits per heavy atom. The van der Waals surface area contributed by atoms with Crippen molar-refractivity contribution in [2.75, 3.05) is 13.7 Å². The van der Waals surface area contributed by atoms with Crippen molar-refractivity contribution in [3.05, 3.63) is 80.7 Å². The van der Waals surface area contributed by atoms with E-state index >= 15 is 0 Å². The summed E-state index contributed by atoms with van der Waals surface area (Å²) in [6, 6.07) is 15.0. The van der Waals surface area contributed by atoms with Gasteiger partial charge in [-0.3, -0.25) is 4.79 Å². The highest BCUT2D eigenvalue weighted by molar-refractivity contribution is 7.12. The number of hydrogen-bond acceptors (Lipinski definition) is 7. The lowest BCUT2D eigenvalue weighted by atomic mass is 10.1. The van der Waals surface area contributed by atoms with Gasteiger partial charge in [0.05, 0.1) is 23.7 Å². The maximum atomic E-state index is 12.8. The Morgan fingerprint density at radius 1 is 1.13 bits per heavy atom. The first kappa shape index (κ1) is 21.0. The van der Waals surface area contributed by atoms with Gasteiger partial charge in [0.1, 0.15) is 5.75 Å². The van der Waals surface area contributed by atoms with Gasteiger partial charge in [0.15, 0.2) is 6.61 Å². The van der Waals surface area contributed by atoms with Gasteiger partial charge >= 0.3 is 5.97 Å². The molecule has 2 aromatic heterocycles. The molecule has 1 aromatic carbocycles. The highest BCUT2D eigenvalue weighted by Gasteiger charge is 2.34. The van der Waals surface area contributed by atoms with Gasteiger partial charge in [0, 0.05) is 17.4 Å². The summed E-state index contributed by atoms with van der Waals surface area (Å²) in [6.45, 7) is -0.366. The summed E-state index contributed by atoms with van der Waals surface area (Å²) in [6.07, 6.45) is 3.57. The molecule has 1 amide bonds. The number of methoxy groups -OCH3 is 1. The molecule has 0 bridgehead atoms. The normalized spacial score (nSPS) is 15.8. The number of hydrogen-bond donors (Lipinski definition) is 0. The van der Waals surface area contributed by atoms with Crippen molar-refractivity contribution in [3.63, 3.8) is 0 Å². The van der Waals surface area contributed by atoms with Crippen LogP contribution >= 0.6 is 22.7 Å². The Labute approximate surface area is 188 Å². The molecular weight excluding hydrogens is 432 g/mol. The Bertz CT molecular complexity index is 1090. The predicted molar refractivity (Wildman–Crippen MR) is 122 cm³/mol. The molecule has 0 aliphatic carbocycles. The van der Waals surface area contributed by atoms with E-state index < -0.39 is 5.97 Å². The Balaban J connectivity index is 1.39. The van der Waals surface area contributed by atoms with Crippen LogP contribution in [-0.2, 0) is 14.3 Å². The van der Waals surface area contributed by atoms with Gasteiger partial charge < -0.3 is 9.47 Å². The van der Waals surface area contributed by atoms with E-state index in [0.29, 0.717) is 6.42 Å². The zero-order valence-electron chi connectivity index (χ0n) is 16.8. The minimum Gasteiger partial charge on any atom is -0.497 e. The van der Waals surface area contributed by atoms with Crippen molar-refractivity contribution in [2.45, 2.75) is 12.5 Å². The van der Waals surface area contributed by atoms with Crippen LogP contribution in [0, 0.1) is 0 Å². The third-order valence-corrected chi connectivity index (χ3v) is 6.60. The fourth-order valence-corrected chi connectivity index (χ4v) is 4.69. The molecule has 0 radical (unpaired) electrons. The molecule has 6 nitrogen and oxygen atoms in total. The Morgan fingerprint density at radius 2 is 1.90 bits per heavy atom. The molecule has 1 aliphatic heterocycles. The standard InChI is InChI=1S/C23H20N2O4S2/c1-28-17-9-6-16(7-10-17)8-11-23(27)29-15-22(26)25-19(21-5-3-13-31-21)14-18(24-25)20-4-2-12-30-20/h2-13,19H,14-15H2,1H3/b11-8+. The molecule has 0 saturated carbocycles. The summed E-state index contributed by atoms with van der Waals surface area (Å²) in [5, 5.41) is 9.96. The summed E-state index contributed by atoms with van der Waals surface area (Å²) in [5.41, 5.74) is 1.69. The number of ether oxygens (including phenoxy) is 2. The molecule has 0 saturated heterocycles. The third kappa shape index (κ3) is 5.10. The van der Waals surface area contributed by atoms with Gasteiger partial charge in [0.2, 0.25) is 0 Å². The van der Waals surface area contributed by atoms with Crippen molar-refractivity contribution in [2.24, 2.45) is 5.10 Å². The SMILES string of the molecule is COc1ccc(/C=C/C(=O)OCC(=O)N2N=C(c3cccs3)CC2c2cccs2)cc1. The minimum atomic E-state index is -0.585. The van der Waals surface area contributed by atoms with E-state index in [-0.39, 0.29) is 18.6 Å². The van der Waals surface area contributed by atoms with Crippen LogP contribution in [0.5, 0.6) is 5.75 Å². The van der Waals surface area contributed by atoms with Gasteiger partial charge in [-0.05, 0) is 46.7 Å². The van der Waals surface area contributed by atoms with Gasteiger partial charge in [-0.1, -0.05) is 24.3 Å². The van der Waals surface area contributed by atoms with Crippen molar-refractivity contribution in [1.29, 1.82) is 0 Å². The van der Waals surface area contributed by atoms with Crippen LogP contribution in [0.2, 0.25) is 0 Å². The van der Waals surface area contributed by atoms with E-state index in [4.69, 9.17) is 9.47 Å². The van der Waals surface area contributed by atoms with Gasteiger partial charge in [-0.2, -0.15) is 5.10 Å². The average molecular weight is 453 g/mol. The smallest absolute Gasteiger partial charge is 0.331 e. The first-order valence-corrected chi connectivity index (χ1v) is 11.4. The zero-order chi connectivity index (χ0) is 21.6. The second-order valence-electron chi connectivity index (χ2n) is 6.71. The van der Waals surface area contributed by atoms with E-state index in [1.54, 1.807) is 48.0 Å². The van der Waals surface area contributed by atoms with Crippen LogP contribution in [-0.4, -0.2) is 36.3 Å². The summed E-state index contributed by atoms with van der Waals surface area (Å²) >= 11 is 3.17. The maximum absolute atomic E-state index is 12.8. The predicted octanol–water partition coefficient (Wildman–Crippen LogP) is 4.75. The van der Waals surface area contributed by atoms with Crippen molar-refractivity contribution in [3.8, 4) is 5.75 Å². The zero-order valence-corrected chi connectivity index (χ0v) is 18.4. The lowest BCUT2D eigenvalue weighted by Crippen LogP contribution is -2.30. The highest BCUT2D eigenvalue weighted by atomic mass is 32.1. The van der Waals surface area contributed by atoms with Crippen LogP contribution in [0.25, 0.3) is 6.08 Å². The largest absolute Gasteiger partial charge is 0.497 e. The summed E-state index contributed by atoms with van der Waals surface area (Å²) in [4.78, 5) is 27.0. The lowest BCUT2D eigenvalue weighted by molar-refractivity contribution is -0.149. The van der Waals surface area contributed by atoms with Crippen molar-refractivity contribution >= 4 is 46.3 Å². The number of rotatable bonds is 7. The molecule has 31 heavy (non-hydrogen) atoms. The first-order valence-electron chi connectivity index (χ1n) is 9.60. The summed E-state index contributed by atoms with van der Waals surface area (Å²) in [5.74, 6) is -0.201. The molecular formula is C23H20N2O4S2. The first-order chi connectivity index (χ1) is 15.1. The summed E-state index contributed by atoms with van der Waals surface area (Å²) in [7, 11) is 1.59. The average Bonchev–Trinajstić information content (AvgIpc) is 3.56. The van der Waals surface area contributed by atoms with Crippen molar-refractivity contribution < 1.29 is 19.1 Å². The molecule has 4 rings (SSSR count). The molecule has 0 spiro atoms. The highest BCUT2D eigenvalue weighted by Crippen LogP contribution is 2.35. The minimum absolute atomic E-state index is 0.182. The van der Waals surface area contributed by atoms with E-state index in [2.05, 4.69) is 5.10 Å². The molecule has 1 aliphatic rings. The molecule has 1 atom stereocenters. The third-order valence-electron chi connectivity index (χ3n) is 4.71.